The fourth-order valence-electron chi connectivity index (χ4n) is 0. The SMILES string of the molecule is O.[AlH3].[Mn].[OH][Ru].[V].[Zn]. The Kier molecular flexibility index (Phi) is 512. The van der Waals surface area contributed by atoms with E-state index >= 15 is 0 Å². The van der Waals surface area contributed by atoms with E-state index in [9.17, 15) is 0 Å². The van der Waals surface area contributed by atoms with Gasteiger partial charge in [0.05, 0.1) is 0 Å². The van der Waals surface area contributed by atoms with E-state index in [4.69, 9.17) is 3.93 Å². The van der Waals surface area contributed by atoms with Gasteiger partial charge in [-0.05, 0) is 0 Å². The average molecular weight is 337 g/mol. The van der Waals surface area contributed by atoms with E-state index in [1.165, 1.54) is 18.7 Å². The molecule has 2 radical (unpaired) electrons. The molecule has 43 valence electrons. The number of rotatable bonds is 0. The zero-order chi connectivity index (χ0) is 2.00. The summed E-state index contributed by atoms with van der Waals surface area (Å²) in [6.07, 6.45) is 0. The molecular weight excluding hydrogens is 331 g/mol. The molecule has 0 heterocycles. The van der Waals surface area contributed by atoms with E-state index in [1.807, 2.05) is 0 Å². The summed E-state index contributed by atoms with van der Waals surface area (Å²) in [6, 6.07) is 0. The Morgan fingerprint density at radius 1 is 1.14 bits per heavy atom. The van der Waals surface area contributed by atoms with Gasteiger partial charge in [0.15, 0.2) is 17.4 Å². The molecule has 3 N–H and O–H groups in total. The molecule has 0 aromatic carbocycles. The summed E-state index contributed by atoms with van der Waals surface area (Å²) in [5.74, 6) is 0. The molecule has 0 bridgehead atoms. The molecule has 7 heavy (non-hydrogen) atoms. The Bertz CT molecular complexity index is 17.7. The van der Waals surface area contributed by atoms with E-state index in [-0.39, 0.29) is 77.9 Å². The summed E-state index contributed by atoms with van der Waals surface area (Å²) < 4.78 is 6.93. The van der Waals surface area contributed by atoms with Crippen LogP contribution in [0.1, 0.15) is 0 Å². The van der Waals surface area contributed by atoms with E-state index < -0.39 is 0 Å². The number of hydrogen-bond acceptors (Lipinski definition) is 1. The monoisotopic (exact) mass is 337 g/mol. The summed E-state index contributed by atoms with van der Waals surface area (Å²) in [6.45, 7) is 0. The molecule has 0 unspecified atom stereocenters. The van der Waals surface area contributed by atoms with Crippen LogP contribution in [0.4, 0.5) is 0 Å². The Balaban J connectivity index is -0.000000000500. The second kappa shape index (κ2) is 68.2. The summed E-state index contributed by atoms with van der Waals surface area (Å²) in [5, 5.41) is 0. The standard InChI is InChI=1S/Al.Mn.2H2O.Ru.V.Zn.3H/h;;2*1H2;;;;;;/q;;;;+1;;;;;/p-1. The maximum atomic E-state index is 6.93. The van der Waals surface area contributed by atoms with Gasteiger partial charge < -0.3 is 5.48 Å². The van der Waals surface area contributed by atoms with Crippen LogP contribution in [0.2, 0.25) is 0 Å². The van der Waals surface area contributed by atoms with E-state index in [1.54, 1.807) is 0 Å². The zero-order valence-electron chi connectivity index (χ0n) is 2.83. The van der Waals surface area contributed by atoms with E-state index in [0.29, 0.717) is 0 Å². The first kappa shape index (κ1) is 52.5. The molecule has 0 spiro atoms. The van der Waals surface area contributed by atoms with Crippen molar-refractivity contribution in [2.45, 2.75) is 0 Å². The van der Waals surface area contributed by atoms with Gasteiger partial charge in [0.25, 0.3) is 0 Å². The smallest absolute Gasteiger partial charge is 0 e. The summed E-state index contributed by atoms with van der Waals surface area (Å²) in [5.41, 5.74) is 0. The Hall–Kier alpha value is 2.80. The number of hydrogen-bond donors (Lipinski definition) is 1. The van der Waals surface area contributed by atoms with Crippen molar-refractivity contribution in [3.8, 4) is 0 Å². The van der Waals surface area contributed by atoms with Crippen molar-refractivity contribution in [1.29, 1.82) is 0 Å². The van der Waals surface area contributed by atoms with Crippen LogP contribution in [0.15, 0.2) is 0 Å². The minimum Gasteiger partial charge on any atom is 0 e. The first-order valence-electron chi connectivity index (χ1n) is 0.158. The topological polar surface area (TPSA) is 51.7 Å². The first-order chi connectivity index (χ1) is 1.00. The zero-order valence-corrected chi connectivity index (χ0v) is 10.1. The van der Waals surface area contributed by atoms with Crippen LogP contribution in [0, 0.1) is 0 Å². The van der Waals surface area contributed by atoms with Gasteiger partial charge in [0.2, 0.25) is 0 Å². The van der Waals surface area contributed by atoms with Crippen molar-refractivity contribution in [1.82, 2.24) is 0 Å². The molecule has 0 aliphatic heterocycles. The second-order valence-electron chi connectivity index (χ2n) is 0. The van der Waals surface area contributed by atoms with E-state index in [2.05, 4.69) is 0 Å². The third-order valence-electron chi connectivity index (χ3n) is 0. The van der Waals surface area contributed by atoms with Crippen molar-refractivity contribution in [3.05, 3.63) is 0 Å². The van der Waals surface area contributed by atoms with Gasteiger partial charge in [-0.2, -0.15) is 0 Å². The van der Waals surface area contributed by atoms with Crippen LogP contribution in [-0.2, 0) is 73.8 Å². The maximum absolute atomic E-state index is 6.93. The van der Waals surface area contributed by atoms with Gasteiger partial charge in [-0.15, -0.1) is 0 Å². The van der Waals surface area contributed by atoms with Crippen molar-refractivity contribution >= 4 is 17.4 Å². The molecule has 0 aromatic rings. The summed E-state index contributed by atoms with van der Waals surface area (Å²) >= 11 is 1.35. The molecule has 0 rings (SSSR count). The van der Waals surface area contributed by atoms with Crippen LogP contribution in [-0.4, -0.2) is 26.8 Å². The normalized spacial score (nSPS) is 0.857. The molecule has 0 aromatic heterocycles. The molecule has 0 atom stereocenters. The molecular formula is H6AlMnO2RuVZn. The quantitative estimate of drug-likeness (QED) is 0.485. The molecule has 0 aliphatic carbocycles. The third-order valence-corrected chi connectivity index (χ3v) is 0. The van der Waals surface area contributed by atoms with Crippen molar-refractivity contribution < 1.29 is 83.2 Å². The van der Waals surface area contributed by atoms with Crippen LogP contribution in [0.25, 0.3) is 0 Å². The molecule has 2 nitrogen and oxygen atoms in total. The van der Waals surface area contributed by atoms with Crippen LogP contribution >= 0.6 is 0 Å². The minimum absolute atomic E-state index is 0. The Morgan fingerprint density at radius 2 is 1.14 bits per heavy atom. The van der Waals surface area contributed by atoms with Crippen molar-refractivity contribution in [2.75, 3.05) is 0 Å². The maximum Gasteiger partial charge on any atom is 0 e. The Morgan fingerprint density at radius 3 is 1.14 bits per heavy atom. The van der Waals surface area contributed by atoms with Gasteiger partial charge in [-0.1, -0.05) is 0 Å². The van der Waals surface area contributed by atoms with Crippen molar-refractivity contribution in [3.63, 3.8) is 0 Å². The van der Waals surface area contributed by atoms with Gasteiger partial charge in [0.1, 0.15) is 0 Å². The molecule has 7 heteroatoms. The summed E-state index contributed by atoms with van der Waals surface area (Å²) in [7, 11) is 0. The molecule has 0 saturated heterocycles. The Labute approximate surface area is 99.2 Å². The second-order valence-corrected chi connectivity index (χ2v) is 0. The van der Waals surface area contributed by atoms with Crippen LogP contribution < -0.4 is 0 Å². The van der Waals surface area contributed by atoms with Crippen LogP contribution in [0.5, 0.6) is 0 Å². The van der Waals surface area contributed by atoms with Crippen molar-refractivity contribution in [2.24, 2.45) is 0 Å². The fraction of sp³-hybridized carbons (Fsp3) is 0. The first-order valence-corrected chi connectivity index (χ1v) is 0.935. The third kappa shape index (κ3) is 51.9. The minimum atomic E-state index is 0. The van der Waals surface area contributed by atoms with Crippen LogP contribution in [0.3, 0.4) is 0 Å². The van der Waals surface area contributed by atoms with E-state index in [0.717, 1.165) is 0 Å². The molecule has 0 fully saturated rings. The average Bonchev–Trinajstić information content (AvgIpc) is 1.00. The molecule has 0 aliphatic rings. The van der Waals surface area contributed by atoms with Gasteiger partial charge >= 0.3 is 22.6 Å². The molecule has 0 amide bonds. The predicted molar refractivity (Wildman–Crippen MR) is 15.8 cm³/mol. The van der Waals surface area contributed by atoms with Gasteiger partial charge in [-0.25, -0.2) is 0 Å². The summed E-state index contributed by atoms with van der Waals surface area (Å²) in [4.78, 5) is 0. The molecule has 0 saturated carbocycles. The fourth-order valence-corrected chi connectivity index (χ4v) is 0. The van der Waals surface area contributed by atoms with Gasteiger partial charge in [0, 0.05) is 55.1 Å². The van der Waals surface area contributed by atoms with Gasteiger partial charge in [-0.3, -0.25) is 0 Å². The largest absolute Gasteiger partial charge is 0 e. The predicted octanol–water partition coefficient (Wildman–Crippen LogP) is -2.58.